The lowest BCUT2D eigenvalue weighted by Gasteiger charge is -2.23. The molecular formula is C15H20O4. The Hall–Kier alpha value is -1.84. The maximum Gasteiger partial charge on any atom is 0.304 e. The number of ether oxygens (including phenoxy) is 1. The van der Waals surface area contributed by atoms with Crippen LogP contribution in [0.15, 0.2) is 12.1 Å². The third-order valence-electron chi connectivity index (χ3n) is 3.10. The Labute approximate surface area is 113 Å². The van der Waals surface area contributed by atoms with Crippen LogP contribution in [0.25, 0.3) is 0 Å². The molecule has 0 bridgehead atoms. The van der Waals surface area contributed by atoms with Gasteiger partial charge < -0.3 is 9.84 Å². The van der Waals surface area contributed by atoms with Gasteiger partial charge in [-0.2, -0.15) is 0 Å². The number of carboxylic acids is 1. The highest BCUT2D eigenvalue weighted by molar-refractivity contribution is 6.05. The molecule has 1 aromatic carbocycles. The van der Waals surface area contributed by atoms with Crippen LogP contribution < -0.4 is 4.74 Å². The standard InChI is InChI=1S/C15H20O4/c1-9-6-10(2)13(11(7-9)19-5)14(18)15(3,4)8-12(16)17/h6-7H,8H2,1-5H3,(H,16,17). The second kappa shape index (κ2) is 5.43. The molecule has 0 aromatic heterocycles. The van der Waals surface area contributed by atoms with Crippen LogP contribution in [0.2, 0.25) is 0 Å². The highest BCUT2D eigenvalue weighted by atomic mass is 16.5. The van der Waals surface area contributed by atoms with E-state index in [9.17, 15) is 9.59 Å². The fourth-order valence-electron chi connectivity index (χ4n) is 2.18. The molecule has 4 nitrogen and oxygen atoms in total. The minimum Gasteiger partial charge on any atom is -0.496 e. The van der Waals surface area contributed by atoms with Gasteiger partial charge in [-0.3, -0.25) is 9.59 Å². The average Bonchev–Trinajstić information content (AvgIpc) is 2.25. The largest absolute Gasteiger partial charge is 0.496 e. The van der Waals surface area contributed by atoms with Crippen molar-refractivity contribution >= 4 is 11.8 Å². The number of rotatable bonds is 5. The van der Waals surface area contributed by atoms with E-state index in [2.05, 4.69) is 0 Å². The minimum absolute atomic E-state index is 0.204. The van der Waals surface area contributed by atoms with Crippen LogP contribution in [0.3, 0.4) is 0 Å². The van der Waals surface area contributed by atoms with Crippen LogP contribution in [0, 0.1) is 19.3 Å². The molecule has 0 radical (unpaired) electrons. The number of Topliss-reactive ketones (excluding diaryl/α,β-unsaturated/α-hetero) is 1. The lowest BCUT2D eigenvalue weighted by atomic mass is 9.79. The van der Waals surface area contributed by atoms with E-state index in [1.54, 1.807) is 19.9 Å². The summed E-state index contributed by atoms with van der Waals surface area (Å²) in [5.74, 6) is -0.688. The van der Waals surface area contributed by atoms with Crippen molar-refractivity contribution in [3.8, 4) is 5.75 Å². The zero-order valence-electron chi connectivity index (χ0n) is 12.0. The van der Waals surface area contributed by atoms with Crippen molar-refractivity contribution < 1.29 is 19.4 Å². The summed E-state index contributed by atoms with van der Waals surface area (Å²) in [6, 6.07) is 3.68. The van der Waals surface area contributed by atoms with E-state index in [-0.39, 0.29) is 12.2 Å². The molecule has 1 rings (SSSR count). The molecular weight excluding hydrogens is 244 g/mol. The molecule has 0 saturated heterocycles. The molecule has 0 spiro atoms. The van der Waals surface area contributed by atoms with Crippen molar-refractivity contribution in [3.05, 3.63) is 28.8 Å². The summed E-state index contributed by atoms with van der Waals surface area (Å²) in [5.41, 5.74) is 1.32. The number of benzene rings is 1. The van der Waals surface area contributed by atoms with Gasteiger partial charge in [-0.1, -0.05) is 19.9 Å². The van der Waals surface area contributed by atoms with Crippen LogP contribution in [-0.4, -0.2) is 24.0 Å². The van der Waals surface area contributed by atoms with Gasteiger partial charge in [0.2, 0.25) is 0 Å². The molecule has 104 valence electrons. The summed E-state index contributed by atoms with van der Waals surface area (Å²) in [6.07, 6.45) is -0.206. The molecule has 19 heavy (non-hydrogen) atoms. The van der Waals surface area contributed by atoms with E-state index >= 15 is 0 Å². The van der Waals surface area contributed by atoms with Crippen molar-refractivity contribution in [2.75, 3.05) is 7.11 Å². The van der Waals surface area contributed by atoms with Gasteiger partial charge in [0.05, 0.1) is 19.1 Å². The van der Waals surface area contributed by atoms with Crippen LogP contribution in [0.4, 0.5) is 0 Å². The zero-order valence-corrected chi connectivity index (χ0v) is 12.0. The Bertz CT molecular complexity index is 515. The highest BCUT2D eigenvalue weighted by Gasteiger charge is 2.34. The summed E-state index contributed by atoms with van der Waals surface area (Å²) in [5, 5.41) is 8.90. The van der Waals surface area contributed by atoms with Crippen LogP contribution >= 0.6 is 0 Å². The molecule has 1 aromatic rings. The monoisotopic (exact) mass is 264 g/mol. The molecule has 0 amide bonds. The van der Waals surface area contributed by atoms with Crippen molar-refractivity contribution in [2.45, 2.75) is 34.1 Å². The number of carbonyl (C=O) groups is 2. The Kier molecular flexibility index (Phi) is 4.35. The van der Waals surface area contributed by atoms with E-state index in [1.165, 1.54) is 7.11 Å². The fourth-order valence-corrected chi connectivity index (χ4v) is 2.18. The maximum absolute atomic E-state index is 12.6. The van der Waals surface area contributed by atoms with Gasteiger partial charge in [0, 0.05) is 5.41 Å². The molecule has 0 fully saturated rings. The second-order valence-corrected chi connectivity index (χ2v) is 5.44. The first-order valence-electron chi connectivity index (χ1n) is 6.11. The normalized spacial score (nSPS) is 11.2. The SMILES string of the molecule is COc1cc(C)cc(C)c1C(=O)C(C)(C)CC(=O)O. The number of aryl methyl sites for hydroxylation is 2. The van der Waals surface area contributed by atoms with E-state index in [1.807, 2.05) is 19.9 Å². The van der Waals surface area contributed by atoms with Gasteiger partial charge in [0.25, 0.3) is 0 Å². The predicted molar refractivity (Wildman–Crippen MR) is 72.8 cm³/mol. The van der Waals surface area contributed by atoms with E-state index < -0.39 is 11.4 Å². The van der Waals surface area contributed by atoms with Crippen molar-refractivity contribution in [1.82, 2.24) is 0 Å². The molecule has 0 aliphatic rings. The predicted octanol–water partition coefficient (Wildman–Crippen LogP) is 3.00. The van der Waals surface area contributed by atoms with Crippen molar-refractivity contribution in [3.63, 3.8) is 0 Å². The highest BCUT2D eigenvalue weighted by Crippen LogP contribution is 2.33. The Morgan fingerprint density at radius 1 is 1.26 bits per heavy atom. The first-order valence-corrected chi connectivity index (χ1v) is 6.11. The van der Waals surface area contributed by atoms with Crippen molar-refractivity contribution in [1.29, 1.82) is 0 Å². The molecule has 0 aliphatic carbocycles. The van der Waals surface area contributed by atoms with E-state index in [0.29, 0.717) is 11.3 Å². The van der Waals surface area contributed by atoms with E-state index in [4.69, 9.17) is 9.84 Å². The third-order valence-corrected chi connectivity index (χ3v) is 3.10. The molecule has 0 saturated carbocycles. The minimum atomic E-state index is -0.984. The van der Waals surface area contributed by atoms with Crippen LogP contribution in [-0.2, 0) is 4.79 Å². The fraction of sp³-hybridized carbons (Fsp3) is 0.467. The van der Waals surface area contributed by atoms with Gasteiger partial charge in [0.15, 0.2) is 5.78 Å². The number of methoxy groups -OCH3 is 1. The number of carbonyl (C=O) groups excluding carboxylic acids is 1. The number of hydrogen-bond donors (Lipinski definition) is 1. The topological polar surface area (TPSA) is 63.6 Å². The number of aliphatic carboxylic acids is 1. The summed E-state index contributed by atoms with van der Waals surface area (Å²) in [6.45, 7) is 7.04. The summed E-state index contributed by atoms with van der Waals surface area (Å²) in [4.78, 5) is 23.4. The van der Waals surface area contributed by atoms with E-state index in [0.717, 1.165) is 11.1 Å². The summed E-state index contributed by atoms with van der Waals surface area (Å²) < 4.78 is 5.26. The molecule has 0 unspecified atom stereocenters. The molecule has 1 N–H and O–H groups in total. The summed E-state index contributed by atoms with van der Waals surface area (Å²) in [7, 11) is 1.51. The Morgan fingerprint density at radius 2 is 1.84 bits per heavy atom. The first-order chi connectivity index (χ1) is 8.69. The van der Waals surface area contributed by atoms with Gasteiger partial charge in [-0.15, -0.1) is 0 Å². The summed E-state index contributed by atoms with van der Waals surface area (Å²) >= 11 is 0. The van der Waals surface area contributed by atoms with Gasteiger partial charge in [-0.05, 0) is 31.0 Å². The van der Waals surface area contributed by atoms with Crippen LogP contribution in [0.1, 0.15) is 41.8 Å². The van der Waals surface area contributed by atoms with Gasteiger partial charge in [0.1, 0.15) is 5.75 Å². The quantitative estimate of drug-likeness (QED) is 0.830. The van der Waals surface area contributed by atoms with Crippen LogP contribution in [0.5, 0.6) is 5.75 Å². The third kappa shape index (κ3) is 3.34. The maximum atomic E-state index is 12.6. The smallest absolute Gasteiger partial charge is 0.304 e. The van der Waals surface area contributed by atoms with Gasteiger partial charge in [-0.25, -0.2) is 0 Å². The van der Waals surface area contributed by atoms with Crippen molar-refractivity contribution in [2.24, 2.45) is 5.41 Å². The number of hydrogen-bond acceptors (Lipinski definition) is 3. The molecule has 0 atom stereocenters. The number of ketones is 1. The molecule has 4 heteroatoms. The molecule has 0 heterocycles. The second-order valence-electron chi connectivity index (χ2n) is 5.44. The lowest BCUT2D eigenvalue weighted by Crippen LogP contribution is -2.28. The Morgan fingerprint density at radius 3 is 2.32 bits per heavy atom. The first kappa shape index (κ1) is 15.2. The Balaban J connectivity index is 3.30. The number of carboxylic acid groups (broad SMARTS) is 1. The van der Waals surface area contributed by atoms with Gasteiger partial charge >= 0.3 is 5.97 Å². The molecule has 0 aliphatic heterocycles. The lowest BCUT2D eigenvalue weighted by molar-refractivity contribution is -0.138. The zero-order chi connectivity index (χ0) is 14.8. The average molecular weight is 264 g/mol.